The summed E-state index contributed by atoms with van der Waals surface area (Å²) in [5, 5.41) is 8.17. The van der Waals surface area contributed by atoms with Crippen LogP contribution >= 0.6 is 0 Å². The van der Waals surface area contributed by atoms with Gasteiger partial charge in [0, 0.05) is 26.5 Å². The van der Waals surface area contributed by atoms with Gasteiger partial charge >= 0.3 is 0 Å². The zero-order valence-electron chi connectivity index (χ0n) is 13.5. The number of carbonyl (C=O) groups is 2. The van der Waals surface area contributed by atoms with Crippen molar-refractivity contribution in [2.75, 3.05) is 13.7 Å². The molecule has 1 N–H and O–H groups in total. The number of nitrogens with zero attached hydrogens (tertiary/aromatic N) is 2. The third-order valence-corrected chi connectivity index (χ3v) is 4.32. The van der Waals surface area contributed by atoms with Gasteiger partial charge in [-0.2, -0.15) is 5.10 Å². The highest BCUT2D eigenvalue weighted by atomic mass is 19.1. The van der Waals surface area contributed by atoms with Gasteiger partial charge in [0.1, 0.15) is 11.5 Å². The van der Waals surface area contributed by atoms with Gasteiger partial charge in [0.15, 0.2) is 0 Å². The lowest BCUT2D eigenvalue weighted by Gasteiger charge is -2.26. The summed E-state index contributed by atoms with van der Waals surface area (Å²) in [5.41, 5.74) is 1.11. The Morgan fingerprint density at radius 2 is 2.12 bits per heavy atom. The Morgan fingerprint density at radius 1 is 1.38 bits per heavy atom. The van der Waals surface area contributed by atoms with E-state index < -0.39 is 0 Å². The molecule has 2 atom stereocenters. The molecule has 2 amide bonds. The second kappa shape index (κ2) is 7.09. The predicted molar refractivity (Wildman–Crippen MR) is 85.7 cm³/mol. The van der Waals surface area contributed by atoms with Crippen LogP contribution in [0.1, 0.15) is 37.3 Å². The number of hydrazone groups is 1. The summed E-state index contributed by atoms with van der Waals surface area (Å²) < 4.78 is 18.9. The van der Waals surface area contributed by atoms with Gasteiger partial charge in [-0.05, 0) is 30.5 Å². The normalized spacial score (nSPS) is 22.2. The van der Waals surface area contributed by atoms with E-state index in [4.69, 9.17) is 4.74 Å². The Kier molecular flexibility index (Phi) is 4.89. The second-order valence-corrected chi connectivity index (χ2v) is 6.02. The number of rotatable bonds is 4. The van der Waals surface area contributed by atoms with Gasteiger partial charge in [0.25, 0.3) is 5.91 Å². The second-order valence-electron chi connectivity index (χ2n) is 6.02. The van der Waals surface area contributed by atoms with Crippen molar-refractivity contribution in [2.45, 2.75) is 37.8 Å². The van der Waals surface area contributed by atoms with Crippen LogP contribution in [0.3, 0.4) is 0 Å². The summed E-state index contributed by atoms with van der Waals surface area (Å²) in [5.74, 6) is -0.757. The van der Waals surface area contributed by atoms with Gasteiger partial charge in [-0.15, -0.1) is 0 Å². The van der Waals surface area contributed by atoms with Crippen molar-refractivity contribution in [3.63, 3.8) is 0 Å². The van der Waals surface area contributed by atoms with Gasteiger partial charge in [0.2, 0.25) is 5.91 Å². The Morgan fingerprint density at radius 3 is 2.75 bits per heavy atom. The largest absolute Gasteiger partial charge is 0.376 e. The maximum atomic E-state index is 13.2. The molecule has 0 aromatic heterocycles. The molecule has 6 nitrogen and oxygen atoms in total. The highest BCUT2D eigenvalue weighted by molar-refractivity contribution is 6.39. The fourth-order valence-corrected chi connectivity index (χ4v) is 2.98. The lowest BCUT2D eigenvalue weighted by Crippen LogP contribution is -2.42. The average Bonchev–Trinajstić information content (AvgIpc) is 3.10. The highest BCUT2D eigenvalue weighted by Gasteiger charge is 2.31. The molecule has 0 saturated carbocycles. The number of carbonyl (C=O) groups excluding carboxylic acids is 2. The Labute approximate surface area is 139 Å². The molecule has 1 aromatic carbocycles. The number of hydrogen-bond acceptors (Lipinski definition) is 4. The molecule has 2 aliphatic heterocycles. The van der Waals surface area contributed by atoms with E-state index in [1.807, 2.05) is 0 Å². The summed E-state index contributed by atoms with van der Waals surface area (Å²) in [6, 6.07) is 5.68. The summed E-state index contributed by atoms with van der Waals surface area (Å²) in [6.07, 6.45) is 2.19. The first kappa shape index (κ1) is 16.6. The van der Waals surface area contributed by atoms with Crippen molar-refractivity contribution < 1.29 is 18.7 Å². The maximum absolute atomic E-state index is 13.2. The van der Waals surface area contributed by atoms with Crippen LogP contribution in [-0.2, 0) is 14.3 Å². The summed E-state index contributed by atoms with van der Waals surface area (Å²) in [4.78, 5) is 24.0. The van der Waals surface area contributed by atoms with Crippen molar-refractivity contribution in [1.29, 1.82) is 0 Å². The van der Waals surface area contributed by atoms with Gasteiger partial charge in [-0.3, -0.25) is 9.59 Å². The number of hydrogen-bond donors (Lipinski definition) is 1. The van der Waals surface area contributed by atoms with Gasteiger partial charge in [-0.25, -0.2) is 9.40 Å². The standard InChI is InChI=1S/C17H20FN3O3/c1-21-15(22)9-8-13(20-21)17(23)19-16(14-3-2-10-24-14)11-4-6-12(18)7-5-11/h4-7,14,16H,2-3,8-10H2,1H3,(H,19,23)/t14-,16+/m1/s1. The maximum Gasteiger partial charge on any atom is 0.268 e. The predicted octanol–water partition coefficient (Wildman–Crippen LogP) is 1.77. The van der Waals surface area contributed by atoms with E-state index in [0.29, 0.717) is 18.7 Å². The summed E-state index contributed by atoms with van der Waals surface area (Å²) >= 11 is 0. The monoisotopic (exact) mass is 333 g/mol. The third-order valence-electron chi connectivity index (χ3n) is 4.32. The van der Waals surface area contributed by atoms with Crippen LogP contribution in [0.15, 0.2) is 29.4 Å². The smallest absolute Gasteiger partial charge is 0.268 e. The van der Waals surface area contributed by atoms with Crippen molar-refractivity contribution in [3.05, 3.63) is 35.6 Å². The van der Waals surface area contributed by atoms with E-state index in [1.54, 1.807) is 12.1 Å². The van der Waals surface area contributed by atoms with Crippen LogP contribution in [0, 0.1) is 5.82 Å². The van der Waals surface area contributed by atoms with Crippen LogP contribution in [0.5, 0.6) is 0 Å². The average molecular weight is 333 g/mol. The molecule has 24 heavy (non-hydrogen) atoms. The molecule has 128 valence electrons. The van der Waals surface area contributed by atoms with Gasteiger partial charge < -0.3 is 10.1 Å². The van der Waals surface area contributed by atoms with E-state index in [-0.39, 0.29) is 36.2 Å². The quantitative estimate of drug-likeness (QED) is 0.913. The molecule has 0 radical (unpaired) electrons. The molecular weight excluding hydrogens is 313 g/mol. The molecule has 7 heteroatoms. The molecule has 1 fully saturated rings. The lowest BCUT2D eigenvalue weighted by atomic mass is 9.98. The molecule has 2 aliphatic rings. The van der Waals surface area contributed by atoms with Crippen LogP contribution in [0.2, 0.25) is 0 Å². The number of benzene rings is 1. The zero-order chi connectivity index (χ0) is 17.1. The van der Waals surface area contributed by atoms with E-state index in [0.717, 1.165) is 18.4 Å². The van der Waals surface area contributed by atoms with Crippen LogP contribution in [0.25, 0.3) is 0 Å². The van der Waals surface area contributed by atoms with Crippen molar-refractivity contribution in [3.8, 4) is 0 Å². The molecule has 0 aliphatic carbocycles. The Balaban J connectivity index is 1.78. The molecule has 1 aromatic rings. The van der Waals surface area contributed by atoms with E-state index in [1.165, 1.54) is 24.2 Å². The molecule has 0 unspecified atom stereocenters. The van der Waals surface area contributed by atoms with Crippen LogP contribution in [-0.4, -0.2) is 42.3 Å². The molecule has 0 spiro atoms. The molecule has 0 bridgehead atoms. The third kappa shape index (κ3) is 3.62. The summed E-state index contributed by atoms with van der Waals surface area (Å²) in [7, 11) is 1.53. The van der Waals surface area contributed by atoms with Crippen molar-refractivity contribution in [2.24, 2.45) is 5.10 Å². The SMILES string of the molecule is CN1N=C(C(=O)N[C@@H](c2ccc(F)cc2)[C@H]2CCCO2)CCC1=O. The first-order valence-electron chi connectivity index (χ1n) is 8.06. The zero-order valence-corrected chi connectivity index (χ0v) is 13.5. The Bertz CT molecular complexity index is 654. The van der Waals surface area contributed by atoms with Gasteiger partial charge in [0.05, 0.1) is 12.1 Å². The number of nitrogens with one attached hydrogen (secondary N) is 1. The van der Waals surface area contributed by atoms with E-state index in [2.05, 4.69) is 10.4 Å². The fraction of sp³-hybridized carbons (Fsp3) is 0.471. The van der Waals surface area contributed by atoms with Crippen LogP contribution < -0.4 is 5.32 Å². The van der Waals surface area contributed by atoms with E-state index in [9.17, 15) is 14.0 Å². The number of ether oxygens (including phenoxy) is 1. The lowest BCUT2D eigenvalue weighted by molar-refractivity contribution is -0.130. The molecule has 2 heterocycles. The minimum absolute atomic E-state index is 0.110. The minimum Gasteiger partial charge on any atom is -0.376 e. The van der Waals surface area contributed by atoms with Crippen LogP contribution in [0.4, 0.5) is 4.39 Å². The van der Waals surface area contributed by atoms with Crippen molar-refractivity contribution in [1.82, 2.24) is 10.3 Å². The molecule has 3 rings (SSSR count). The van der Waals surface area contributed by atoms with Gasteiger partial charge in [-0.1, -0.05) is 12.1 Å². The first-order valence-corrected chi connectivity index (χ1v) is 8.06. The minimum atomic E-state index is -0.369. The molecular formula is C17H20FN3O3. The summed E-state index contributed by atoms with van der Waals surface area (Å²) in [6.45, 7) is 0.649. The van der Waals surface area contributed by atoms with Crippen molar-refractivity contribution >= 4 is 17.5 Å². The highest BCUT2D eigenvalue weighted by Crippen LogP contribution is 2.27. The number of amides is 2. The topological polar surface area (TPSA) is 71.0 Å². The van der Waals surface area contributed by atoms with E-state index >= 15 is 0 Å². The fourth-order valence-electron chi connectivity index (χ4n) is 2.98. The molecule has 1 saturated heterocycles. The Hall–Kier alpha value is -2.28. The first-order chi connectivity index (χ1) is 11.5. The number of halogens is 1.